The van der Waals surface area contributed by atoms with Crippen LogP contribution in [-0.2, 0) is 6.42 Å². The van der Waals surface area contributed by atoms with Crippen LogP contribution in [0.25, 0.3) is 0 Å². The van der Waals surface area contributed by atoms with Gasteiger partial charge in [-0.3, -0.25) is 4.79 Å². The van der Waals surface area contributed by atoms with Crippen LogP contribution in [0.15, 0.2) is 35.7 Å². The molecule has 102 valence electrons. The summed E-state index contributed by atoms with van der Waals surface area (Å²) in [6.45, 7) is 0.632. The standard InChI is InChI=1S/C15H13NO3S/c17-14(13-7-3-9-20-13)16-8-2-5-10-11(15(18)19)4-1-6-12(10)16/h1,3-4,6-7,9H,2,5,8H2,(H,18,19). The van der Waals surface area contributed by atoms with E-state index >= 15 is 0 Å². The number of hydrogen-bond acceptors (Lipinski definition) is 3. The van der Waals surface area contributed by atoms with Gasteiger partial charge >= 0.3 is 5.97 Å². The summed E-state index contributed by atoms with van der Waals surface area (Å²) >= 11 is 1.40. The van der Waals surface area contributed by atoms with Crippen molar-refractivity contribution in [3.8, 4) is 0 Å². The second kappa shape index (κ2) is 5.09. The van der Waals surface area contributed by atoms with Crippen molar-refractivity contribution < 1.29 is 14.7 Å². The number of carboxylic acid groups (broad SMARTS) is 1. The van der Waals surface area contributed by atoms with Gasteiger partial charge in [-0.25, -0.2) is 4.79 Å². The molecule has 0 spiro atoms. The van der Waals surface area contributed by atoms with Crippen LogP contribution in [0.2, 0.25) is 0 Å². The molecule has 1 aromatic carbocycles. The molecular weight excluding hydrogens is 274 g/mol. The predicted octanol–water partition coefficient (Wildman–Crippen LogP) is 3.04. The normalized spacial score (nSPS) is 13.9. The van der Waals surface area contributed by atoms with Gasteiger partial charge in [0.1, 0.15) is 0 Å². The second-order valence-corrected chi connectivity index (χ2v) is 5.59. The molecule has 1 aliphatic rings. The van der Waals surface area contributed by atoms with Crippen molar-refractivity contribution in [1.29, 1.82) is 0 Å². The number of aromatic carboxylic acids is 1. The molecule has 20 heavy (non-hydrogen) atoms. The second-order valence-electron chi connectivity index (χ2n) is 4.65. The first-order chi connectivity index (χ1) is 9.68. The molecule has 0 saturated heterocycles. The number of fused-ring (bicyclic) bond motifs is 1. The Morgan fingerprint density at radius 3 is 2.75 bits per heavy atom. The first-order valence-corrected chi connectivity index (χ1v) is 7.27. The Bertz CT molecular complexity index is 664. The maximum absolute atomic E-state index is 12.5. The summed E-state index contributed by atoms with van der Waals surface area (Å²) in [4.78, 5) is 26.1. The SMILES string of the molecule is O=C(O)c1cccc2c1CCCN2C(=O)c1cccs1. The van der Waals surface area contributed by atoms with E-state index in [-0.39, 0.29) is 5.91 Å². The lowest BCUT2D eigenvalue weighted by Crippen LogP contribution is -2.35. The van der Waals surface area contributed by atoms with E-state index < -0.39 is 5.97 Å². The Morgan fingerprint density at radius 1 is 1.20 bits per heavy atom. The van der Waals surface area contributed by atoms with E-state index in [1.54, 1.807) is 23.1 Å². The number of carboxylic acids is 1. The summed E-state index contributed by atoms with van der Waals surface area (Å²) in [6.07, 6.45) is 1.49. The highest BCUT2D eigenvalue weighted by atomic mass is 32.1. The maximum Gasteiger partial charge on any atom is 0.336 e. The number of carbonyl (C=O) groups is 2. The molecule has 5 heteroatoms. The third-order valence-corrected chi connectivity index (χ3v) is 4.32. The highest BCUT2D eigenvalue weighted by Crippen LogP contribution is 2.31. The summed E-state index contributed by atoms with van der Waals surface area (Å²) in [6, 6.07) is 8.76. The van der Waals surface area contributed by atoms with Crippen molar-refractivity contribution >= 4 is 28.9 Å². The lowest BCUT2D eigenvalue weighted by Gasteiger charge is -2.30. The highest BCUT2D eigenvalue weighted by Gasteiger charge is 2.26. The molecule has 1 aromatic heterocycles. The number of thiophene rings is 1. The van der Waals surface area contributed by atoms with Crippen LogP contribution in [0.5, 0.6) is 0 Å². The van der Waals surface area contributed by atoms with Crippen molar-refractivity contribution in [3.63, 3.8) is 0 Å². The molecule has 0 unspecified atom stereocenters. The van der Waals surface area contributed by atoms with E-state index in [0.29, 0.717) is 23.4 Å². The Labute approximate surface area is 120 Å². The molecular formula is C15H13NO3S. The van der Waals surface area contributed by atoms with Gasteiger partial charge in [-0.1, -0.05) is 12.1 Å². The minimum Gasteiger partial charge on any atom is -0.478 e. The summed E-state index contributed by atoms with van der Waals surface area (Å²) in [5.41, 5.74) is 1.79. The first kappa shape index (κ1) is 12.9. The van der Waals surface area contributed by atoms with Crippen LogP contribution in [0.3, 0.4) is 0 Å². The van der Waals surface area contributed by atoms with Gasteiger partial charge in [0, 0.05) is 12.2 Å². The summed E-state index contributed by atoms with van der Waals surface area (Å²) in [5.74, 6) is -0.990. The number of carbonyl (C=O) groups excluding carboxylic acids is 1. The van der Waals surface area contributed by atoms with Gasteiger partial charge in [0.05, 0.1) is 10.4 Å². The molecule has 0 saturated carbocycles. The Balaban J connectivity index is 2.05. The van der Waals surface area contributed by atoms with Gasteiger partial charge in [0.15, 0.2) is 0 Å². The predicted molar refractivity (Wildman–Crippen MR) is 77.7 cm³/mol. The Morgan fingerprint density at radius 2 is 2.05 bits per heavy atom. The molecule has 4 nitrogen and oxygen atoms in total. The van der Waals surface area contributed by atoms with Crippen molar-refractivity contribution in [2.75, 3.05) is 11.4 Å². The Kier molecular flexibility index (Phi) is 3.28. The fourth-order valence-electron chi connectivity index (χ4n) is 2.57. The van der Waals surface area contributed by atoms with E-state index in [0.717, 1.165) is 17.7 Å². The van der Waals surface area contributed by atoms with Gasteiger partial charge in [-0.05, 0) is 42.0 Å². The van der Waals surface area contributed by atoms with Crippen molar-refractivity contribution in [2.45, 2.75) is 12.8 Å². The monoisotopic (exact) mass is 287 g/mol. The fraction of sp³-hybridized carbons (Fsp3) is 0.200. The van der Waals surface area contributed by atoms with Gasteiger partial charge in [0.2, 0.25) is 0 Å². The van der Waals surface area contributed by atoms with Gasteiger partial charge in [-0.15, -0.1) is 11.3 Å². The van der Waals surface area contributed by atoms with Crippen LogP contribution in [0.1, 0.15) is 32.0 Å². The van der Waals surface area contributed by atoms with E-state index in [1.807, 2.05) is 17.5 Å². The molecule has 2 aromatic rings. The summed E-state index contributed by atoms with van der Waals surface area (Å²) < 4.78 is 0. The summed E-state index contributed by atoms with van der Waals surface area (Å²) in [5, 5.41) is 11.1. The van der Waals surface area contributed by atoms with E-state index in [2.05, 4.69) is 0 Å². The smallest absolute Gasteiger partial charge is 0.336 e. The first-order valence-electron chi connectivity index (χ1n) is 6.39. The maximum atomic E-state index is 12.5. The molecule has 1 aliphatic heterocycles. The van der Waals surface area contributed by atoms with Crippen LogP contribution in [0, 0.1) is 0 Å². The number of rotatable bonds is 2. The third kappa shape index (κ3) is 2.10. The number of amides is 1. The zero-order chi connectivity index (χ0) is 14.1. The minimum absolute atomic E-state index is 0.0523. The zero-order valence-corrected chi connectivity index (χ0v) is 11.5. The fourth-order valence-corrected chi connectivity index (χ4v) is 3.24. The lowest BCUT2D eigenvalue weighted by molar-refractivity contribution is 0.0695. The van der Waals surface area contributed by atoms with Gasteiger partial charge in [0.25, 0.3) is 5.91 Å². The number of nitrogens with zero attached hydrogens (tertiary/aromatic N) is 1. The zero-order valence-electron chi connectivity index (χ0n) is 10.7. The number of benzene rings is 1. The molecule has 3 rings (SSSR count). The van der Waals surface area contributed by atoms with Crippen molar-refractivity contribution in [3.05, 3.63) is 51.7 Å². The van der Waals surface area contributed by atoms with Crippen LogP contribution < -0.4 is 4.90 Å². The largest absolute Gasteiger partial charge is 0.478 e. The number of anilines is 1. The molecule has 0 aliphatic carbocycles. The average Bonchev–Trinajstić information content (AvgIpc) is 2.99. The van der Waals surface area contributed by atoms with Crippen molar-refractivity contribution in [1.82, 2.24) is 0 Å². The quantitative estimate of drug-likeness (QED) is 0.923. The third-order valence-electron chi connectivity index (χ3n) is 3.46. The molecule has 0 atom stereocenters. The van der Waals surface area contributed by atoms with E-state index in [4.69, 9.17) is 0 Å². The average molecular weight is 287 g/mol. The molecule has 2 heterocycles. The topological polar surface area (TPSA) is 57.6 Å². The van der Waals surface area contributed by atoms with Crippen LogP contribution in [-0.4, -0.2) is 23.5 Å². The van der Waals surface area contributed by atoms with Crippen LogP contribution >= 0.6 is 11.3 Å². The Hall–Kier alpha value is -2.14. The molecule has 0 radical (unpaired) electrons. The number of hydrogen-bond donors (Lipinski definition) is 1. The molecule has 1 amide bonds. The van der Waals surface area contributed by atoms with Crippen molar-refractivity contribution in [2.24, 2.45) is 0 Å². The minimum atomic E-state index is -0.938. The summed E-state index contributed by atoms with van der Waals surface area (Å²) in [7, 11) is 0. The van der Waals surface area contributed by atoms with E-state index in [1.165, 1.54) is 11.3 Å². The lowest BCUT2D eigenvalue weighted by atomic mass is 9.96. The van der Waals surface area contributed by atoms with Gasteiger partial charge in [-0.2, -0.15) is 0 Å². The van der Waals surface area contributed by atoms with Crippen LogP contribution in [0.4, 0.5) is 5.69 Å². The van der Waals surface area contributed by atoms with E-state index in [9.17, 15) is 14.7 Å². The highest BCUT2D eigenvalue weighted by molar-refractivity contribution is 7.12. The van der Waals surface area contributed by atoms with Gasteiger partial charge < -0.3 is 10.0 Å². The molecule has 1 N–H and O–H groups in total. The molecule has 0 bridgehead atoms. The molecule has 0 fully saturated rings.